The molecule has 2 heterocycles. The lowest BCUT2D eigenvalue weighted by Crippen LogP contribution is -2.34. The van der Waals surface area contributed by atoms with E-state index < -0.39 is 23.8 Å². The number of amides is 2. The lowest BCUT2D eigenvalue weighted by molar-refractivity contribution is -0.137. The van der Waals surface area contributed by atoms with Crippen LogP contribution in [0.5, 0.6) is 11.5 Å². The summed E-state index contributed by atoms with van der Waals surface area (Å²) in [5, 5.41) is 5.42. The first-order chi connectivity index (χ1) is 14.7. The number of fused-ring (bicyclic) bond motifs is 2. The number of rotatable bonds is 2. The number of alkyl halides is 3. The van der Waals surface area contributed by atoms with Gasteiger partial charge in [0.2, 0.25) is 5.91 Å². The fourth-order valence-electron chi connectivity index (χ4n) is 3.47. The molecule has 31 heavy (non-hydrogen) atoms. The van der Waals surface area contributed by atoms with Gasteiger partial charge in [0.25, 0.3) is 5.91 Å². The van der Waals surface area contributed by atoms with Gasteiger partial charge >= 0.3 is 6.18 Å². The summed E-state index contributed by atoms with van der Waals surface area (Å²) in [6, 6.07) is 8.22. The summed E-state index contributed by atoms with van der Waals surface area (Å²) in [5.41, 5.74) is 0.922. The van der Waals surface area contributed by atoms with Crippen LogP contribution in [0.2, 0.25) is 0 Å². The largest absolute Gasteiger partial charge is 0.493 e. The number of nitrogens with one attached hydrogen (secondary N) is 2. The SMILES string of the molecule is CC1Oc2cccc(NC(=O)/C=C3\CCCOc4cc(C(F)(F)F)ccc43)c2NC1=O. The first-order valence-electron chi connectivity index (χ1n) is 9.69. The summed E-state index contributed by atoms with van der Waals surface area (Å²) in [4.78, 5) is 24.6. The standard InChI is InChI=1S/C22H19F3N2O4/c1-12-21(29)27-20-16(5-2-6-17(20)31-12)26-19(28)10-13-4-3-9-30-18-11-14(22(23,24)25)7-8-15(13)18/h2,5-8,10-12H,3-4,9H2,1H3,(H,26,28)(H,27,29)/b13-10+. The van der Waals surface area contributed by atoms with Crippen LogP contribution in [0.15, 0.2) is 42.5 Å². The number of allylic oxidation sites excluding steroid dienone is 1. The molecule has 4 rings (SSSR count). The quantitative estimate of drug-likeness (QED) is 0.679. The molecule has 0 aliphatic carbocycles. The number of halogens is 3. The Hall–Kier alpha value is -3.49. The van der Waals surface area contributed by atoms with Crippen molar-refractivity contribution in [3.05, 3.63) is 53.6 Å². The second kappa shape index (κ2) is 7.98. The van der Waals surface area contributed by atoms with E-state index in [1.807, 2.05) is 0 Å². The number of para-hydroxylation sites is 1. The van der Waals surface area contributed by atoms with E-state index in [1.54, 1.807) is 25.1 Å². The van der Waals surface area contributed by atoms with Gasteiger partial charge in [-0.15, -0.1) is 0 Å². The van der Waals surface area contributed by atoms with Crippen molar-refractivity contribution in [1.82, 2.24) is 0 Å². The van der Waals surface area contributed by atoms with Crippen LogP contribution >= 0.6 is 0 Å². The molecule has 162 valence electrons. The van der Waals surface area contributed by atoms with Gasteiger partial charge in [-0.1, -0.05) is 12.1 Å². The molecule has 0 spiro atoms. The maximum atomic E-state index is 13.0. The predicted octanol–water partition coefficient (Wildman–Crippen LogP) is 4.62. The predicted molar refractivity (Wildman–Crippen MR) is 108 cm³/mol. The van der Waals surface area contributed by atoms with Gasteiger partial charge in [0, 0.05) is 11.6 Å². The number of benzene rings is 2. The summed E-state index contributed by atoms with van der Waals surface area (Å²) in [6.07, 6.45) is -2.77. The average molecular weight is 432 g/mol. The van der Waals surface area contributed by atoms with Crippen molar-refractivity contribution in [1.29, 1.82) is 0 Å². The molecule has 0 fully saturated rings. The molecule has 0 bridgehead atoms. The monoisotopic (exact) mass is 432 g/mol. The number of hydrogen-bond acceptors (Lipinski definition) is 4. The Morgan fingerprint density at radius 2 is 2.03 bits per heavy atom. The topological polar surface area (TPSA) is 76.7 Å². The van der Waals surface area contributed by atoms with Crippen LogP contribution in [0.25, 0.3) is 5.57 Å². The van der Waals surface area contributed by atoms with Gasteiger partial charge in [-0.25, -0.2) is 0 Å². The van der Waals surface area contributed by atoms with Crippen molar-refractivity contribution >= 4 is 28.8 Å². The Kier molecular flexibility index (Phi) is 5.34. The second-order valence-electron chi connectivity index (χ2n) is 7.25. The van der Waals surface area contributed by atoms with Crippen molar-refractivity contribution in [3.8, 4) is 11.5 Å². The van der Waals surface area contributed by atoms with Crippen molar-refractivity contribution < 1.29 is 32.2 Å². The zero-order valence-electron chi connectivity index (χ0n) is 16.5. The third-order valence-electron chi connectivity index (χ3n) is 5.01. The molecule has 0 saturated heterocycles. The van der Waals surface area contributed by atoms with Crippen LogP contribution in [-0.2, 0) is 15.8 Å². The molecule has 6 nitrogen and oxygen atoms in total. The van der Waals surface area contributed by atoms with E-state index >= 15 is 0 Å². The highest BCUT2D eigenvalue weighted by atomic mass is 19.4. The maximum absolute atomic E-state index is 13.0. The van der Waals surface area contributed by atoms with Gasteiger partial charge in [0.15, 0.2) is 6.10 Å². The Bertz CT molecular complexity index is 1080. The van der Waals surface area contributed by atoms with Gasteiger partial charge in [-0.3, -0.25) is 9.59 Å². The number of hydrogen-bond donors (Lipinski definition) is 2. The van der Waals surface area contributed by atoms with Crippen LogP contribution in [0.3, 0.4) is 0 Å². The molecule has 2 N–H and O–H groups in total. The molecular formula is C22H19F3N2O4. The fourth-order valence-corrected chi connectivity index (χ4v) is 3.47. The summed E-state index contributed by atoms with van der Waals surface area (Å²) in [5.74, 6) is -0.282. The van der Waals surface area contributed by atoms with Gasteiger partial charge in [0.05, 0.1) is 17.9 Å². The lowest BCUT2D eigenvalue weighted by atomic mass is 9.99. The van der Waals surface area contributed by atoms with Crippen LogP contribution in [0.4, 0.5) is 24.5 Å². The van der Waals surface area contributed by atoms with Crippen molar-refractivity contribution in [2.24, 2.45) is 0 Å². The molecular weight excluding hydrogens is 413 g/mol. The summed E-state index contributed by atoms with van der Waals surface area (Å²) >= 11 is 0. The molecule has 0 aromatic heterocycles. The molecule has 2 aliphatic rings. The first kappa shape index (κ1) is 20.8. The van der Waals surface area contributed by atoms with Gasteiger partial charge in [0.1, 0.15) is 17.2 Å². The van der Waals surface area contributed by atoms with Crippen LogP contribution < -0.4 is 20.1 Å². The van der Waals surface area contributed by atoms with Gasteiger partial charge < -0.3 is 20.1 Å². The van der Waals surface area contributed by atoms with E-state index in [1.165, 1.54) is 12.1 Å². The van der Waals surface area contributed by atoms with Crippen molar-refractivity contribution in [3.63, 3.8) is 0 Å². The average Bonchev–Trinajstić information content (AvgIpc) is 2.90. The summed E-state index contributed by atoms with van der Waals surface area (Å²) in [6.45, 7) is 1.87. The summed E-state index contributed by atoms with van der Waals surface area (Å²) in [7, 11) is 0. The van der Waals surface area contributed by atoms with Gasteiger partial charge in [-0.05, 0) is 49.6 Å². The highest BCUT2D eigenvalue weighted by molar-refractivity contribution is 6.09. The van der Waals surface area contributed by atoms with Crippen molar-refractivity contribution in [2.45, 2.75) is 32.0 Å². The molecule has 2 aliphatic heterocycles. The Morgan fingerprint density at radius 1 is 1.23 bits per heavy atom. The fraction of sp³-hybridized carbons (Fsp3) is 0.273. The van der Waals surface area contributed by atoms with E-state index in [4.69, 9.17) is 9.47 Å². The first-order valence-corrected chi connectivity index (χ1v) is 9.69. The lowest BCUT2D eigenvalue weighted by Gasteiger charge is -2.25. The van der Waals surface area contributed by atoms with E-state index in [0.717, 1.165) is 12.1 Å². The minimum absolute atomic E-state index is 0.0955. The van der Waals surface area contributed by atoms with E-state index in [2.05, 4.69) is 10.6 Å². The molecule has 1 unspecified atom stereocenters. The highest BCUT2D eigenvalue weighted by Crippen LogP contribution is 2.39. The molecule has 0 radical (unpaired) electrons. The van der Waals surface area contributed by atoms with Gasteiger partial charge in [-0.2, -0.15) is 13.2 Å². The molecule has 1 atom stereocenters. The van der Waals surface area contributed by atoms with Crippen LogP contribution in [0, 0.1) is 0 Å². The summed E-state index contributed by atoms with van der Waals surface area (Å²) < 4.78 is 50.1. The smallest absolute Gasteiger partial charge is 0.416 e. The van der Waals surface area contributed by atoms with Crippen LogP contribution in [0.1, 0.15) is 30.9 Å². The number of ether oxygens (including phenoxy) is 2. The van der Waals surface area contributed by atoms with Crippen LogP contribution in [-0.4, -0.2) is 24.5 Å². The minimum atomic E-state index is -4.48. The number of anilines is 2. The Labute approximate surface area is 176 Å². The highest BCUT2D eigenvalue weighted by Gasteiger charge is 2.32. The normalized spacial score (nSPS) is 19.3. The molecule has 9 heteroatoms. The van der Waals surface area contributed by atoms with E-state index in [9.17, 15) is 22.8 Å². The zero-order chi connectivity index (χ0) is 22.2. The van der Waals surface area contributed by atoms with Crippen molar-refractivity contribution in [2.75, 3.05) is 17.2 Å². The maximum Gasteiger partial charge on any atom is 0.416 e. The minimum Gasteiger partial charge on any atom is -0.493 e. The number of carbonyl (C=O) groups is 2. The third-order valence-corrected chi connectivity index (χ3v) is 5.01. The Morgan fingerprint density at radius 3 is 2.81 bits per heavy atom. The molecule has 0 saturated carbocycles. The molecule has 2 aromatic carbocycles. The molecule has 2 aromatic rings. The number of carbonyl (C=O) groups excluding carboxylic acids is 2. The zero-order valence-corrected chi connectivity index (χ0v) is 16.5. The Balaban J connectivity index is 1.61. The second-order valence-corrected chi connectivity index (χ2v) is 7.25. The van der Waals surface area contributed by atoms with E-state index in [0.29, 0.717) is 41.1 Å². The molecule has 2 amide bonds. The van der Waals surface area contributed by atoms with E-state index in [-0.39, 0.29) is 18.3 Å². The third kappa shape index (κ3) is 4.35.